The standard InChI is InChI=1S/C15H26N2O2S.C2HF3O2/c18-20(19,14-4-5-14)17-10-7-15(8-11-17)6-1-9-16(15)12-13-2-3-13;3-2(4,5)1(6)7/h13-14H,1-12H2;(H,6,7). The summed E-state index contributed by atoms with van der Waals surface area (Å²) in [6.45, 7) is 4.04. The molecule has 1 N–H and O–H groups in total. The highest BCUT2D eigenvalue weighted by Gasteiger charge is 2.48. The van der Waals surface area contributed by atoms with E-state index >= 15 is 0 Å². The summed E-state index contributed by atoms with van der Waals surface area (Å²) in [6.07, 6.45) is 4.23. The van der Waals surface area contributed by atoms with Gasteiger partial charge in [-0.25, -0.2) is 17.5 Å². The number of alkyl halides is 3. The zero-order valence-electron chi connectivity index (χ0n) is 15.2. The zero-order chi connectivity index (χ0) is 19.9. The van der Waals surface area contributed by atoms with Gasteiger partial charge in [-0.05, 0) is 63.8 Å². The number of carboxylic acid groups (broad SMARTS) is 1. The van der Waals surface area contributed by atoms with Crippen LogP contribution in [0.1, 0.15) is 51.4 Å². The summed E-state index contributed by atoms with van der Waals surface area (Å²) in [5, 5.41) is 7.09. The lowest BCUT2D eigenvalue weighted by Crippen LogP contribution is -2.54. The summed E-state index contributed by atoms with van der Waals surface area (Å²) >= 11 is 0. The molecule has 0 atom stereocenters. The molecule has 2 aliphatic carbocycles. The van der Waals surface area contributed by atoms with Gasteiger partial charge in [-0.2, -0.15) is 13.2 Å². The van der Waals surface area contributed by atoms with Crippen LogP contribution in [0.3, 0.4) is 0 Å². The molecule has 0 aromatic carbocycles. The number of likely N-dealkylation sites (tertiary alicyclic amines) is 1. The number of rotatable bonds is 4. The van der Waals surface area contributed by atoms with Gasteiger partial charge in [-0.3, -0.25) is 4.90 Å². The van der Waals surface area contributed by atoms with E-state index in [0.29, 0.717) is 5.54 Å². The molecule has 156 valence electrons. The fraction of sp³-hybridized carbons (Fsp3) is 0.941. The highest BCUT2D eigenvalue weighted by atomic mass is 32.2. The van der Waals surface area contributed by atoms with E-state index in [1.807, 2.05) is 0 Å². The van der Waals surface area contributed by atoms with Crippen LogP contribution < -0.4 is 0 Å². The van der Waals surface area contributed by atoms with E-state index in [1.165, 1.54) is 38.8 Å². The van der Waals surface area contributed by atoms with Gasteiger partial charge in [0.25, 0.3) is 0 Å². The third-order valence-electron chi connectivity index (χ3n) is 6.12. The molecular weight excluding hydrogens is 385 g/mol. The minimum Gasteiger partial charge on any atom is -0.475 e. The summed E-state index contributed by atoms with van der Waals surface area (Å²) in [4.78, 5) is 11.6. The van der Waals surface area contributed by atoms with Gasteiger partial charge in [0, 0.05) is 25.2 Å². The van der Waals surface area contributed by atoms with Gasteiger partial charge >= 0.3 is 12.1 Å². The third-order valence-corrected chi connectivity index (χ3v) is 8.52. The lowest BCUT2D eigenvalue weighted by molar-refractivity contribution is -0.192. The smallest absolute Gasteiger partial charge is 0.475 e. The molecule has 1 spiro atoms. The maximum Gasteiger partial charge on any atom is 0.490 e. The number of halogens is 3. The van der Waals surface area contributed by atoms with Crippen LogP contribution in [0.5, 0.6) is 0 Å². The first-order chi connectivity index (χ1) is 12.5. The topological polar surface area (TPSA) is 77.9 Å². The molecule has 0 amide bonds. The van der Waals surface area contributed by atoms with E-state index < -0.39 is 22.2 Å². The number of nitrogens with zero attached hydrogens (tertiary/aromatic N) is 2. The number of aliphatic carboxylic acids is 1. The Morgan fingerprint density at radius 1 is 1.04 bits per heavy atom. The SMILES string of the molecule is O=C(O)C(F)(F)F.O=S(=O)(C1CC1)N1CCC2(CCCN2CC2CC2)CC1. The Morgan fingerprint density at radius 2 is 1.59 bits per heavy atom. The molecule has 27 heavy (non-hydrogen) atoms. The molecule has 0 aromatic heterocycles. The Bertz CT molecular complexity index is 652. The molecule has 0 bridgehead atoms. The van der Waals surface area contributed by atoms with Crippen molar-refractivity contribution in [3.8, 4) is 0 Å². The molecule has 6 nitrogen and oxygen atoms in total. The number of carbonyl (C=O) groups is 1. The van der Waals surface area contributed by atoms with E-state index in [4.69, 9.17) is 9.90 Å². The number of carboxylic acids is 1. The first-order valence-electron chi connectivity index (χ1n) is 9.59. The van der Waals surface area contributed by atoms with Crippen LogP contribution in [-0.4, -0.2) is 71.8 Å². The molecule has 10 heteroatoms. The fourth-order valence-corrected chi connectivity index (χ4v) is 6.04. The lowest BCUT2D eigenvalue weighted by Gasteiger charge is -2.45. The normalized spacial score (nSPS) is 26.6. The van der Waals surface area contributed by atoms with E-state index in [1.54, 1.807) is 4.31 Å². The third kappa shape index (κ3) is 4.95. The highest BCUT2D eigenvalue weighted by molar-refractivity contribution is 7.90. The average molecular weight is 412 g/mol. The average Bonchev–Trinajstić information content (AvgIpc) is 3.48. The second-order valence-corrected chi connectivity index (χ2v) is 10.4. The van der Waals surface area contributed by atoms with E-state index in [9.17, 15) is 21.6 Å². The van der Waals surface area contributed by atoms with Crippen molar-refractivity contribution < 1.29 is 31.5 Å². The second-order valence-electron chi connectivity index (χ2n) is 8.16. The van der Waals surface area contributed by atoms with E-state index in [2.05, 4.69) is 4.90 Å². The van der Waals surface area contributed by atoms with Crippen molar-refractivity contribution >= 4 is 16.0 Å². The number of hydrogen-bond acceptors (Lipinski definition) is 4. The summed E-state index contributed by atoms with van der Waals surface area (Å²) in [5.74, 6) is -1.81. The van der Waals surface area contributed by atoms with E-state index in [-0.39, 0.29) is 5.25 Å². The molecule has 0 aromatic rings. The first-order valence-corrected chi connectivity index (χ1v) is 11.1. The molecule has 0 unspecified atom stereocenters. The minimum absolute atomic E-state index is 0.0392. The van der Waals surface area contributed by atoms with Gasteiger partial charge in [0.05, 0.1) is 5.25 Å². The number of sulfonamides is 1. The van der Waals surface area contributed by atoms with E-state index in [0.717, 1.165) is 44.7 Å². The van der Waals surface area contributed by atoms with Crippen LogP contribution in [0.15, 0.2) is 0 Å². The molecule has 2 saturated heterocycles. The summed E-state index contributed by atoms with van der Waals surface area (Å²) < 4.78 is 58.2. The lowest BCUT2D eigenvalue weighted by atomic mass is 9.85. The summed E-state index contributed by atoms with van der Waals surface area (Å²) in [7, 11) is -2.95. The minimum atomic E-state index is -5.08. The Labute approximate surface area is 157 Å². The Balaban J connectivity index is 0.000000260. The second kappa shape index (κ2) is 7.51. The van der Waals surface area contributed by atoms with Crippen molar-refractivity contribution in [1.82, 2.24) is 9.21 Å². The quantitative estimate of drug-likeness (QED) is 0.768. The Kier molecular flexibility index (Phi) is 5.80. The van der Waals surface area contributed by atoms with Crippen molar-refractivity contribution in [1.29, 1.82) is 0 Å². The summed E-state index contributed by atoms with van der Waals surface area (Å²) in [5.41, 5.74) is 0.345. The largest absolute Gasteiger partial charge is 0.490 e. The monoisotopic (exact) mass is 412 g/mol. The first kappa shape index (κ1) is 20.9. The molecule has 2 heterocycles. The Morgan fingerprint density at radius 3 is 2.04 bits per heavy atom. The van der Waals surface area contributed by atoms with Crippen molar-refractivity contribution in [2.45, 2.75) is 68.3 Å². The molecule has 4 aliphatic rings. The van der Waals surface area contributed by atoms with Gasteiger partial charge in [-0.1, -0.05) is 0 Å². The van der Waals surface area contributed by atoms with Gasteiger partial charge in [-0.15, -0.1) is 0 Å². The zero-order valence-corrected chi connectivity index (χ0v) is 16.1. The summed E-state index contributed by atoms with van der Waals surface area (Å²) in [6, 6.07) is 0. The molecule has 2 aliphatic heterocycles. The highest BCUT2D eigenvalue weighted by Crippen LogP contribution is 2.43. The molecule has 2 saturated carbocycles. The van der Waals surface area contributed by atoms with Crippen molar-refractivity contribution in [2.24, 2.45) is 5.92 Å². The van der Waals surface area contributed by atoms with Gasteiger partial charge < -0.3 is 5.11 Å². The predicted octanol–water partition coefficient (Wildman–Crippen LogP) is 2.45. The molecule has 4 rings (SSSR count). The van der Waals surface area contributed by atoms with Crippen LogP contribution in [0.25, 0.3) is 0 Å². The fourth-order valence-electron chi connectivity index (χ4n) is 4.19. The molecule has 4 fully saturated rings. The van der Waals surface area contributed by atoms with Crippen LogP contribution >= 0.6 is 0 Å². The van der Waals surface area contributed by atoms with Gasteiger partial charge in [0.1, 0.15) is 0 Å². The number of piperidine rings is 1. The van der Waals surface area contributed by atoms with Crippen LogP contribution in [0.4, 0.5) is 13.2 Å². The Hall–Kier alpha value is -0.870. The number of hydrogen-bond donors (Lipinski definition) is 1. The maximum absolute atomic E-state index is 12.3. The van der Waals surface area contributed by atoms with Crippen molar-refractivity contribution in [2.75, 3.05) is 26.2 Å². The van der Waals surface area contributed by atoms with Gasteiger partial charge in [0.15, 0.2) is 0 Å². The maximum atomic E-state index is 12.3. The van der Waals surface area contributed by atoms with Crippen molar-refractivity contribution in [3.63, 3.8) is 0 Å². The predicted molar refractivity (Wildman–Crippen MR) is 92.7 cm³/mol. The molecular formula is C17H27F3N2O4S. The van der Waals surface area contributed by atoms with Crippen molar-refractivity contribution in [3.05, 3.63) is 0 Å². The van der Waals surface area contributed by atoms with Crippen LogP contribution in [0.2, 0.25) is 0 Å². The van der Waals surface area contributed by atoms with Crippen LogP contribution in [0, 0.1) is 5.92 Å². The van der Waals surface area contributed by atoms with Gasteiger partial charge in [0.2, 0.25) is 10.0 Å². The van der Waals surface area contributed by atoms with Crippen LogP contribution in [-0.2, 0) is 14.8 Å². The molecule has 0 radical (unpaired) electrons.